The molecule has 2 bridgehead atoms. The molecule has 3 aromatic rings. The lowest BCUT2D eigenvalue weighted by atomic mass is 9.81. The van der Waals surface area contributed by atoms with Crippen LogP contribution in [0, 0.1) is 5.92 Å². The average molecular weight is 517 g/mol. The highest BCUT2D eigenvalue weighted by atomic mass is 32.1. The number of hydrogen-bond acceptors (Lipinski definition) is 8. The Morgan fingerprint density at radius 2 is 2.06 bits per heavy atom. The van der Waals surface area contributed by atoms with Crippen LogP contribution in [0.5, 0.6) is 17.2 Å². The summed E-state index contributed by atoms with van der Waals surface area (Å²) < 4.78 is 48.3. The average Bonchev–Trinajstić information content (AvgIpc) is 3.12. The largest absolute Gasteiger partial charge is 0.493 e. The van der Waals surface area contributed by atoms with Crippen molar-refractivity contribution >= 4 is 23.4 Å². The van der Waals surface area contributed by atoms with E-state index in [1.165, 1.54) is 23.8 Å². The number of esters is 1. The van der Waals surface area contributed by atoms with Crippen molar-refractivity contribution in [3.05, 3.63) is 73.3 Å². The third-order valence-electron chi connectivity index (χ3n) is 6.12. The molecule has 2 aromatic carbocycles. The molecule has 3 heterocycles. The molecule has 3 atom stereocenters. The summed E-state index contributed by atoms with van der Waals surface area (Å²) in [6.07, 6.45) is 1.61. The molecule has 0 fully saturated rings. The first kappa shape index (κ1) is 24.0. The number of carbonyl (C=O) groups is 1. The van der Waals surface area contributed by atoms with E-state index in [1.54, 1.807) is 32.1 Å². The third-order valence-corrected chi connectivity index (χ3v) is 7.10. The van der Waals surface area contributed by atoms with E-state index in [0.29, 0.717) is 26.2 Å². The Hall–Kier alpha value is -3.73. The van der Waals surface area contributed by atoms with Crippen LogP contribution in [0.15, 0.2) is 52.3 Å². The molecule has 0 saturated heterocycles. The van der Waals surface area contributed by atoms with Crippen LogP contribution in [0.25, 0.3) is 6.08 Å². The number of benzene rings is 2. The van der Waals surface area contributed by atoms with E-state index in [4.69, 9.17) is 19.2 Å². The molecular formula is C25H22F2N2O6S. The Morgan fingerprint density at radius 3 is 2.78 bits per heavy atom. The van der Waals surface area contributed by atoms with Gasteiger partial charge in [-0.3, -0.25) is 14.2 Å². The standard InChI is InChI=1S/C25H22F2N2O6S/c1-4-33-22(31)19-20-14-7-5-6-8-15(14)35-25(19,2)28-24-29(20)21(30)18(36-24)12-13-9-10-16(34-23(26)27)17(11-13)32-3/h5-12,19-20,23H,4H2,1-3H3/b18-12-/t19-,20-,25-/m0/s1. The monoisotopic (exact) mass is 516 g/mol. The van der Waals surface area contributed by atoms with E-state index in [-0.39, 0.29) is 23.7 Å². The van der Waals surface area contributed by atoms with Crippen LogP contribution in [0.2, 0.25) is 0 Å². The number of alkyl halides is 2. The van der Waals surface area contributed by atoms with Gasteiger partial charge in [-0.15, -0.1) is 0 Å². The molecule has 0 radical (unpaired) electrons. The number of methoxy groups -OCH3 is 1. The molecule has 36 heavy (non-hydrogen) atoms. The number of para-hydroxylation sites is 1. The Balaban J connectivity index is 1.68. The number of ether oxygens (including phenoxy) is 4. The van der Waals surface area contributed by atoms with Crippen LogP contribution in [-0.4, -0.2) is 36.6 Å². The predicted molar refractivity (Wildman–Crippen MR) is 126 cm³/mol. The van der Waals surface area contributed by atoms with Crippen LogP contribution in [0.1, 0.15) is 31.0 Å². The van der Waals surface area contributed by atoms with Crippen molar-refractivity contribution in [1.29, 1.82) is 0 Å². The van der Waals surface area contributed by atoms with Crippen LogP contribution >= 0.6 is 11.3 Å². The Kier molecular flexibility index (Phi) is 6.03. The van der Waals surface area contributed by atoms with E-state index in [2.05, 4.69) is 4.74 Å². The molecule has 2 aliphatic heterocycles. The number of fused-ring (bicyclic) bond motifs is 6. The topological polar surface area (TPSA) is 88.4 Å². The van der Waals surface area contributed by atoms with Gasteiger partial charge < -0.3 is 18.9 Å². The van der Waals surface area contributed by atoms with Gasteiger partial charge in [0.2, 0.25) is 5.72 Å². The van der Waals surface area contributed by atoms with Crippen molar-refractivity contribution < 1.29 is 32.5 Å². The molecule has 1 aromatic heterocycles. The number of aromatic nitrogens is 1. The second-order valence-corrected chi connectivity index (χ2v) is 9.35. The van der Waals surface area contributed by atoms with Gasteiger partial charge in [-0.25, -0.2) is 4.99 Å². The van der Waals surface area contributed by atoms with E-state index in [1.807, 2.05) is 18.2 Å². The lowest BCUT2D eigenvalue weighted by Gasteiger charge is -2.44. The molecule has 5 rings (SSSR count). The predicted octanol–water partition coefficient (Wildman–Crippen LogP) is 2.86. The first-order valence-corrected chi connectivity index (χ1v) is 12.0. The molecule has 0 N–H and O–H groups in total. The first-order valence-electron chi connectivity index (χ1n) is 11.2. The number of halogens is 2. The van der Waals surface area contributed by atoms with E-state index >= 15 is 0 Å². The van der Waals surface area contributed by atoms with Crippen molar-refractivity contribution in [2.24, 2.45) is 10.9 Å². The second-order valence-electron chi connectivity index (χ2n) is 8.34. The molecular weight excluding hydrogens is 494 g/mol. The van der Waals surface area contributed by atoms with Gasteiger partial charge in [-0.2, -0.15) is 8.78 Å². The maximum atomic E-state index is 13.7. The van der Waals surface area contributed by atoms with Crippen molar-refractivity contribution in [2.75, 3.05) is 13.7 Å². The van der Waals surface area contributed by atoms with Gasteiger partial charge >= 0.3 is 12.6 Å². The van der Waals surface area contributed by atoms with E-state index < -0.39 is 30.3 Å². The van der Waals surface area contributed by atoms with Crippen LogP contribution < -0.4 is 29.1 Å². The third kappa shape index (κ3) is 3.93. The summed E-state index contributed by atoms with van der Waals surface area (Å²) in [6, 6.07) is 10.9. The van der Waals surface area contributed by atoms with Crippen LogP contribution in [0.4, 0.5) is 8.78 Å². The van der Waals surface area contributed by atoms with Crippen molar-refractivity contribution in [3.8, 4) is 17.2 Å². The maximum Gasteiger partial charge on any atom is 0.387 e. The zero-order chi connectivity index (χ0) is 25.6. The fraction of sp³-hybridized carbons (Fsp3) is 0.320. The number of hydrogen-bond donors (Lipinski definition) is 0. The minimum absolute atomic E-state index is 0.100. The maximum absolute atomic E-state index is 13.7. The SMILES string of the molecule is CCOC(=O)[C@@H]1[C@@H]2c3ccccc3O[C@]1(C)N=c1s/c(=C\c3ccc(OC(F)F)c(OC)c3)c(=O)n12. The highest BCUT2D eigenvalue weighted by Gasteiger charge is 2.55. The van der Waals surface area contributed by atoms with Crippen molar-refractivity contribution in [2.45, 2.75) is 32.2 Å². The van der Waals surface area contributed by atoms with Gasteiger partial charge in [0.1, 0.15) is 11.7 Å². The van der Waals surface area contributed by atoms with E-state index in [9.17, 15) is 18.4 Å². The molecule has 2 aliphatic rings. The van der Waals surface area contributed by atoms with Gasteiger partial charge in [0.25, 0.3) is 5.56 Å². The summed E-state index contributed by atoms with van der Waals surface area (Å²) in [5, 5.41) is 0. The fourth-order valence-electron chi connectivity index (χ4n) is 4.66. The number of carbonyl (C=O) groups excluding carboxylic acids is 1. The molecule has 0 aliphatic carbocycles. The number of nitrogens with zero attached hydrogens (tertiary/aromatic N) is 2. The summed E-state index contributed by atoms with van der Waals surface area (Å²) >= 11 is 1.15. The summed E-state index contributed by atoms with van der Waals surface area (Å²) in [6.45, 7) is 0.604. The zero-order valence-electron chi connectivity index (χ0n) is 19.6. The Morgan fingerprint density at radius 1 is 1.28 bits per heavy atom. The molecule has 0 saturated carbocycles. The quantitative estimate of drug-likeness (QED) is 0.469. The minimum Gasteiger partial charge on any atom is -0.493 e. The number of rotatable bonds is 6. The summed E-state index contributed by atoms with van der Waals surface area (Å²) in [7, 11) is 1.34. The second kappa shape index (κ2) is 9.05. The number of thiazole rings is 1. The van der Waals surface area contributed by atoms with Crippen LogP contribution in [0.3, 0.4) is 0 Å². The highest BCUT2D eigenvalue weighted by molar-refractivity contribution is 7.07. The van der Waals surface area contributed by atoms with E-state index in [0.717, 1.165) is 11.3 Å². The molecule has 188 valence electrons. The summed E-state index contributed by atoms with van der Waals surface area (Å²) in [5.74, 6) is -0.844. The van der Waals surface area contributed by atoms with Crippen LogP contribution in [-0.2, 0) is 9.53 Å². The van der Waals surface area contributed by atoms with Gasteiger partial charge in [0, 0.05) is 5.56 Å². The van der Waals surface area contributed by atoms with Gasteiger partial charge in [-0.05, 0) is 43.7 Å². The minimum atomic E-state index is -3.00. The normalized spacial score (nSPS) is 22.2. The molecule has 0 amide bonds. The molecule has 0 spiro atoms. The lowest BCUT2D eigenvalue weighted by molar-refractivity contribution is -0.160. The fourth-order valence-corrected chi connectivity index (χ4v) is 5.75. The molecule has 0 unspecified atom stereocenters. The van der Waals surface area contributed by atoms with Crippen molar-refractivity contribution in [3.63, 3.8) is 0 Å². The zero-order valence-corrected chi connectivity index (χ0v) is 20.4. The van der Waals surface area contributed by atoms with Gasteiger partial charge in [0.05, 0.1) is 24.3 Å². The highest BCUT2D eigenvalue weighted by Crippen LogP contribution is 2.47. The van der Waals surface area contributed by atoms with Crippen molar-refractivity contribution in [1.82, 2.24) is 4.57 Å². The first-order chi connectivity index (χ1) is 17.3. The lowest BCUT2D eigenvalue weighted by Crippen LogP contribution is -2.58. The summed E-state index contributed by atoms with van der Waals surface area (Å²) in [4.78, 5) is 31.8. The Labute approximate surface area is 208 Å². The van der Waals surface area contributed by atoms with Gasteiger partial charge in [-0.1, -0.05) is 35.6 Å². The Bertz CT molecular complexity index is 1520. The van der Waals surface area contributed by atoms with Gasteiger partial charge in [0.15, 0.2) is 16.3 Å². The summed E-state index contributed by atoms with van der Waals surface area (Å²) in [5.41, 5.74) is -0.385. The smallest absolute Gasteiger partial charge is 0.387 e. The molecule has 8 nitrogen and oxygen atoms in total. The molecule has 11 heteroatoms.